The molecule has 1 atom stereocenters. The van der Waals surface area contributed by atoms with Crippen molar-refractivity contribution in [3.63, 3.8) is 0 Å². The van der Waals surface area contributed by atoms with E-state index in [9.17, 15) is 0 Å². The maximum Gasteiger partial charge on any atom is 0.244 e. The van der Waals surface area contributed by atoms with Gasteiger partial charge in [0.2, 0.25) is 11.7 Å². The Bertz CT molecular complexity index is 457. The van der Waals surface area contributed by atoms with Crippen LogP contribution in [0.5, 0.6) is 0 Å². The summed E-state index contributed by atoms with van der Waals surface area (Å²) in [6.07, 6.45) is 1.71. The largest absolute Gasteiger partial charge is 0.337 e. The van der Waals surface area contributed by atoms with E-state index in [1.165, 1.54) is 11.3 Å². The van der Waals surface area contributed by atoms with Crippen LogP contribution in [0.25, 0.3) is 10.7 Å². The predicted molar refractivity (Wildman–Crippen MR) is 61.8 cm³/mol. The molecule has 2 heterocycles. The molecule has 0 aromatic carbocycles. The van der Waals surface area contributed by atoms with Crippen molar-refractivity contribution in [3.8, 4) is 10.7 Å². The molecule has 0 aliphatic heterocycles. The third-order valence-electron chi connectivity index (χ3n) is 2.29. The monoisotopic (exact) mass is 238 g/mol. The van der Waals surface area contributed by atoms with Crippen molar-refractivity contribution in [2.24, 2.45) is 11.1 Å². The standard InChI is InChI=1S/C10H14N4OS/c1-10(2,3)7(11)9-13-8(14-15-9)6-4-12-5-16-6/h4-5,7H,11H2,1-3H3/t7-/m0/s1. The first-order valence-corrected chi connectivity index (χ1v) is 5.84. The first kappa shape index (κ1) is 11.2. The van der Waals surface area contributed by atoms with Gasteiger partial charge in [0.15, 0.2) is 0 Å². The average Bonchev–Trinajstić information content (AvgIpc) is 2.85. The highest BCUT2D eigenvalue weighted by molar-refractivity contribution is 7.13. The Morgan fingerprint density at radius 1 is 1.44 bits per heavy atom. The SMILES string of the molecule is CC(C)(C)[C@@H](N)c1nc(-c2cncs2)no1. The molecule has 2 aromatic rings. The van der Waals surface area contributed by atoms with E-state index in [-0.39, 0.29) is 11.5 Å². The van der Waals surface area contributed by atoms with Crippen molar-refractivity contribution < 1.29 is 4.52 Å². The van der Waals surface area contributed by atoms with E-state index in [1.54, 1.807) is 11.7 Å². The molecular formula is C10H14N4OS. The van der Waals surface area contributed by atoms with Crippen LogP contribution < -0.4 is 5.73 Å². The van der Waals surface area contributed by atoms with Crippen LogP contribution in [0.15, 0.2) is 16.2 Å². The van der Waals surface area contributed by atoms with Crippen LogP contribution in [0.1, 0.15) is 32.7 Å². The molecule has 6 heteroatoms. The predicted octanol–water partition coefficient (Wildman–Crippen LogP) is 2.24. The van der Waals surface area contributed by atoms with Crippen LogP contribution in [0.4, 0.5) is 0 Å². The minimum atomic E-state index is -0.262. The molecule has 86 valence electrons. The lowest BCUT2D eigenvalue weighted by molar-refractivity contribution is 0.253. The fourth-order valence-electron chi connectivity index (χ4n) is 1.16. The summed E-state index contributed by atoms with van der Waals surface area (Å²) >= 11 is 1.47. The summed E-state index contributed by atoms with van der Waals surface area (Å²) in [4.78, 5) is 9.14. The second-order valence-electron chi connectivity index (χ2n) is 4.67. The van der Waals surface area contributed by atoms with Gasteiger partial charge in [0, 0.05) is 6.20 Å². The van der Waals surface area contributed by atoms with Gasteiger partial charge in [-0.1, -0.05) is 25.9 Å². The second kappa shape index (κ2) is 3.95. The molecule has 5 nitrogen and oxygen atoms in total. The highest BCUT2D eigenvalue weighted by atomic mass is 32.1. The van der Waals surface area contributed by atoms with E-state index < -0.39 is 0 Å². The lowest BCUT2D eigenvalue weighted by atomic mass is 9.87. The van der Waals surface area contributed by atoms with Gasteiger partial charge in [-0.15, -0.1) is 11.3 Å². The number of hydrogen-bond acceptors (Lipinski definition) is 6. The molecule has 0 saturated heterocycles. The molecule has 0 aliphatic carbocycles. The van der Waals surface area contributed by atoms with Gasteiger partial charge in [0.25, 0.3) is 0 Å². The van der Waals surface area contributed by atoms with Crippen molar-refractivity contribution >= 4 is 11.3 Å². The summed E-state index contributed by atoms with van der Waals surface area (Å²) in [5, 5.41) is 3.90. The van der Waals surface area contributed by atoms with E-state index in [0.717, 1.165) is 4.88 Å². The lowest BCUT2D eigenvalue weighted by Crippen LogP contribution is -2.26. The summed E-state index contributed by atoms with van der Waals surface area (Å²) in [7, 11) is 0. The zero-order chi connectivity index (χ0) is 11.8. The number of nitrogens with zero attached hydrogens (tertiary/aromatic N) is 3. The van der Waals surface area contributed by atoms with Gasteiger partial charge in [0.1, 0.15) is 0 Å². The number of aromatic nitrogens is 3. The van der Waals surface area contributed by atoms with Gasteiger partial charge in [-0.05, 0) is 5.41 Å². The number of hydrogen-bond donors (Lipinski definition) is 1. The van der Waals surface area contributed by atoms with Crippen LogP contribution in [-0.2, 0) is 0 Å². The van der Waals surface area contributed by atoms with Crippen molar-refractivity contribution in [2.45, 2.75) is 26.8 Å². The summed E-state index contributed by atoms with van der Waals surface area (Å²) in [5.41, 5.74) is 7.66. The van der Waals surface area contributed by atoms with Crippen molar-refractivity contribution in [1.29, 1.82) is 0 Å². The zero-order valence-corrected chi connectivity index (χ0v) is 10.3. The third kappa shape index (κ3) is 2.12. The quantitative estimate of drug-likeness (QED) is 0.868. The number of rotatable bonds is 2. The van der Waals surface area contributed by atoms with Crippen LogP contribution in [0.3, 0.4) is 0 Å². The summed E-state index contributed by atoms with van der Waals surface area (Å²) in [6.45, 7) is 6.11. The molecule has 0 radical (unpaired) electrons. The van der Waals surface area contributed by atoms with E-state index in [4.69, 9.17) is 10.3 Å². The van der Waals surface area contributed by atoms with Gasteiger partial charge in [0.05, 0.1) is 16.4 Å². The average molecular weight is 238 g/mol. The second-order valence-corrected chi connectivity index (χ2v) is 5.55. The molecule has 2 rings (SSSR count). The Hall–Kier alpha value is -1.27. The molecule has 0 spiro atoms. The highest BCUT2D eigenvalue weighted by Crippen LogP contribution is 2.30. The molecule has 0 amide bonds. The van der Waals surface area contributed by atoms with Gasteiger partial charge < -0.3 is 10.3 Å². The fourth-order valence-corrected chi connectivity index (χ4v) is 1.70. The summed E-state index contributed by atoms with van der Waals surface area (Å²) < 4.78 is 5.17. The number of thiazole rings is 1. The maximum atomic E-state index is 6.03. The Morgan fingerprint density at radius 2 is 2.19 bits per heavy atom. The zero-order valence-electron chi connectivity index (χ0n) is 9.47. The lowest BCUT2D eigenvalue weighted by Gasteiger charge is -2.23. The molecule has 2 N–H and O–H groups in total. The van der Waals surface area contributed by atoms with E-state index in [0.29, 0.717) is 11.7 Å². The van der Waals surface area contributed by atoms with Crippen molar-refractivity contribution in [3.05, 3.63) is 17.6 Å². The Kier molecular flexibility index (Phi) is 2.77. The van der Waals surface area contributed by atoms with Crippen LogP contribution in [-0.4, -0.2) is 15.1 Å². The maximum absolute atomic E-state index is 6.03. The molecule has 0 bridgehead atoms. The molecule has 2 aromatic heterocycles. The topological polar surface area (TPSA) is 77.8 Å². The highest BCUT2D eigenvalue weighted by Gasteiger charge is 2.27. The van der Waals surface area contributed by atoms with Gasteiger partial charge in [-0.2, -0.15) is 4.98 Å². The van der Waals surface area contributed by atoms with Crippen molar-refractivity contribution in [2.75, 3.05) is 0 Å². The molecule has 0 unspecified atom stereocenters. The van der Waals surface area contributed by atoms with Gasteiger partial charge in [-0.25, -0.2) is 0 Å². The minimum absolute atomic E-state index is 0.0997. The molecule has 16 heavy (non-hydrogen) atoms. The number of nitrogens with two attached hydrogens (primary N) is 1. The van der Waals surface area contributed by atoms with Crippen LogP contribution in [0, 0.1) is 5.41 Å². The first-order valence-electron chi connectivity index (χ1n) is 4.96. The Balaban J connectivity index is 2.27. The van der Waals surface area contributed by atoms with E-state index >= 15 is 0 Å². The minimum Gasteiger partial charge on any atom is -0.337 e. The van der Waals surface area contributed by atoms with E-state index in [2.05, 4.69) is 15.1 Å². The molecule has 0 saturated carbocycles. The smallest absolute Gasteiger partial charge is 0.244 e. The van der Waals surface area contributed by atoms with Gasteiger partial charge in [-0.3, -0.25) is 4.98 Å². The molecular weight excluding hydrogens is 224 g/mol. The van der Waals surface area contributed by atoms with Gasteiger partial charge >= 0.3 is 0 Å². The first-order chi connectivity index (χ1) is 7.48. The fraction of sp³-hybridized carbons (Fsp3) is 0.500. The molecule has 0 fully saturated rings. The summed E-state index contributed by atoms with van der Waals surface area (Å²) in [5.74, 6) is 1.02. The Labute approximate surface area is 97.7 Å². The van der Waals surface area contributed by atoms with Crippen LogP contribution in [0.2, 0.25) is 0 Å². The van der Waals surface area contributed by atoms with Crippen LogP contribution >= 0.6 is 11.3 Å². The van der Waals surface area contributed by atoms with Crippen molar-refractivity contribution in [1.82, 2.24) is 15.1 Å². The van der Waals surface area contributed by atoms with E-state index in [1.807, 2.05) is 20.8 Å². The Morgan fingerprint density at radius 3 is 2.75 bits per heavy atom. The molecule has 0 aliphatic rings. The summed E-state index contributed by atoms with van der Waals surface area (Å²) in [6, 6.07) is -0.262. The third-order valence-corrected chi connectivity index (χ3v) is 3.06. The normalized spacial score (nSPS) is 14.0.